The Kier molecular flexibility index (Phi) is 4.52. The Labute approximate surface area is 91.6 Å². The highest BCUT2D eigenvalue weighted by atomic mass is 16.5. The standard InChI is InChI=1S/C11H23NO3/c1-3-10(13,4-2)7-12-8-11(14)5-6-15-9-11/h12-14H,3-9H2,1-2H3. The summed E-state index contributed by atoms with van der Waals surface area (Å²) in [5.74, 6) is 0. The molecular weight excluding hydrogens is 194 g/mol. The summed E-state index contributed by atoms with van der Waals surface area (Å²) in [5, 5.41) is 23.1. The number of hydrogen-bond donors (Lipinski definition) is 3. The fourth-order valence-electron chi connectivity index (χ4n) is 1.76. The maximum Gasteiger partial charge on any atom is 0.102 e. The highest BCUT2D eigenvalue weighted by molar-refractivity contribution is 4.87. The quantitative estimate of drug-likeness (QED) is 0.598. The average molecular weight is 217 g/mol. The van der Waals surface area contributed by atoms with Gasteiger partial charge in [-0.3, -0.25) is 0 Å². The molecule has 0 aromatic heterocycles. The third-order valence-electron chi connectivity index (χ3n) is 3.31. The number of aliphatic hydroxyl groups is 2. The number of rotatable bonds is 6. The van der Waals surface area contributed by atoms with Gasteiger partial charge in [-0.2, -0.15) is 0 Å². The topological polar surface area (TPSA) is 61.7 Å². The van der Waals surface area contributed by atoms with Gasteiger partial charge < -0.3 is 20.3 Å². The summed E-state index contributed by atoms with van der Waals surface area (Å²) in [7, 11) is 0. The van der Waals surface area contributed by atoms with Crippen LogP contribution in [0.2, 0.25) is 0 Å². The van der Waals surface area contributed by atoms with Crippen LogP contribution in [0.4, 0.5) is 0 Å². The van der Waals surface area contributed by atoms with E-state index in [-0.39, 0.29) is 0 Å². The van der Waals surface area contributed by atoms with Crippen molar-refractivity contribution in [1.29, 1.82) is 0 Å². The smallest absolute Gasteiger partial charge is 0.102 e. The summed E-state index contributed by atoms with van der Waals surface area (Å²) < 4.78 is 5.14. The lowest BCUT2D eigenvalue weighted by Crippen LogP contribution is -2.47. The highest BCUT2D eigenvalue weighted by Crippen LogP contribution is 2.18. The van der Waals surface area contributed by atoms with Crippen molar-refractivity contribution in [3.8, 4) is 0 Å². The highest BCUT2D eigenvalue weighted by Gasteiger charge is 2.32. The van der Waals surface area contributed by atoms with Crippen LogP contribution in [0.15, 0.2) is 0 Å². The third-order valence-corrected chi connectivity index (χ3v) is 3.31. The Balaban J connectivity index is 2.25. The minimum absolute atomic E-state index is 0.399. The lowest BCUT2D eigenvalue weighted by atomic mass is 9.96. The van der Waals surface area contributed by atoms with Gasteiger partial charge in [-0.25, -0.2) is 0 Å². The molecule has 0 amide bonds. The van der Waals surface area contributed by atoms with Gasteiger partial charge in [0.2, 0.25) is 0 Å². The van der Waals surface area contributed by atoms with Crippen LogP contribution in [-0.4, -0.2) is 47.7 Å². The van der Waals surface area contributed by atoms with Gasteiger partial charge in [0.05, 0.1) is 12.2 Å². The molecule has 0 saturated carbocycles. The van der Waals surface area contributed by atoms with Gasteiger partial charge in [-0.1, -0.05) is 13.8 Å². The SMILES string of the molecule is CCC(O)(CC)CNCC1(O)CCOC1. The summed E-state index contributed by atoms with van der Waals surface area (Å²) in [6.45, 7) is 6.00. The minimum Gasteiger partial charge on any atom is -0.389 e. The Morgan fingerprint density at radius 3 is 2.53 bits per heavy atom. The summed E-state index contributed by atoms with van der Waals surface area (Å²) in [5.41, 5.74) is -1.38. The van der Waals surface area contributed by atoms with E-state index in [0.29, 0.717) is 32.7 Å². The van der Waals surface area contributed by atoms with Gasteiger partial charge in [-0.05, 0) is 12.8 Å². The van der Waals surface area contributed by atoms with Gasteiger partial charge in [0.25, 0.3) is 0 Å². The zero-order chi connectivity index (χ0) is 11.4. The molecule has 1 unspecified atom stereocenters. The fraction of sp³-hybridized carbons (Fsp3) is 1.00. The van der Waals surface area contributed by atoms with Gasteiger partial charge >= 0.3 is 0 Å². The van der Waals surface area contributed by atoms with Crippen LogP contribution >= 0.6 is 0 Å². The molecule has 0 radical (unpaired) electrons. The van der Waals surface area contributed by atoms with Crippen LogP contribution in [0.3, 0.4) is 0 Å². The molecule has 1 heterocycles. The first-order valence-corrected chi connectivity index (χ1v) is 5.77. The van der Waals surface area contributed by atoms with Gasteiger partial charge in [0.15, 0.2) is 0 Å². The molecule has 0 aromatic rings. The molecule has 3 N–H and O–H groups in total. The number of ether oxygens (including phenoxy) is 1. The maximum absolute atomic E-state index is 10.0. The van der Waals surface area contributed by atoms with Crippen molar-refractivity contribution in [1.82, 2.24) is 5.32 Å². The van der Waals surface area contributed by atoms with E-state index in [1.54, 1.807) is 0 Å². The Morgan fingerprint density at radius 1 is 1.40 bits per heavy atom. The van der Waals surface area contributed by atoms with Crippen molar-refractivity contribution in [2.45, 2.75) is 44.3 Å². The fourth-order valence-corrected chi connectivity index (χ4v) is 1.76. The average Bonchev–Trinajstić information content (AvgIpc) is 2.65. The van der Waals surface area contributed by atoms with Crippen molar-refractivity contribution >= 4 is 0 Å². The lowest BCUT2D eigenvalue weighted by molar-refractivity contribution is 0.00620. The summed E-state index contributed by atoms with van der Waals surface area (Å²) in [6.07, 6.45) is 2.13. The second-order valence-corrected chi connectivity index (χ2v) is 4.56. The Hall–Kier alpha value is -0.160. The van der Waals surface area contributed by atoms with Crippen LogP contribution in [0.5, 0.6) is 0 Å². The molecule has 4 heteroatoms. The molecule has 1 aliphatic rings. The lowest BCUT2D eigenvalue weighted by Gasteiger charge is -2.28. The van der Waals surface area contributed by atoms with E-state index in [0.717, 1.165) is 12.8 Å². The molecule has 1 atom stereocenters. The van der Waals surface area contributed by atoms with Gasteiger partial charge in [0.1, 0.15) is 5.60 Å². The van der Waals surface area contributed by atoms with Crippen molar-refractivity contribution in [2.24, 2.45) is 0 Å². The molecule has 15 heavy (non-hydrogen) atoms. The molecule has 0 spiro atoms. The molecule has 0 aromatic carbocycles. The van der Waals surface area contributed by atoms with E-state index in [1.165, 1.54) is 0 Å². The summed E-state index contributed by atoms with van der Waals surface area (Å²) >= 11 is 0. The van der Waals surface area contributed by atoms with Crippen molar-refractivity contribution in [3.63, 3.8) is 0 Å². The van der Waals surface area contributed by atoms with E-state index < -0.39 is 11.2 Å². The first kappa shape index (κ1) is 12.9. The van der Waals surface area contributed by atoms with Crippen LogP contribution in [-0.2, 0) is 4.74 Å². The van der Waals surface area contributed by atoms with Gasteiger partial charge in [0, 0.05) is 26.1 Å². The molecule has 4 nitrogen and oxygen atoms in total. The van der Waals surface area contributed by atoms with Crippen molar-refractivity contribution in [2.75, 3.05) is 26.3 Å². The van der Waals surface area contributed by atoms with E-state index in [1.807, 2.05) is 13.8 Å². The molecule has 90 valence electrons. The van der Waals surface area contributed by atoms with Gasteiger partial charge in [-0.15, -0.1) is 0 Å². The molecular formula is C11H23NO3. The number of nitrogens with one attached hydrogen (secondary N) is 1. The Bertz CT molecular complexity index is 182. The third kappa shape index (κ3) is 3.72. The van der Waals surface area contributed by atoms with Crippen LogP contribution in [0.25, 0.3) is 0 Å². The summed E-state index contributed by atoms with van der Waals surface area (Å²) in [4.78, 5) is 0. The van der Waals surface area contributed by atoms with Crippen LogP contribution < -0.4 is 5.32 Å². The van der Waals surface area contributed by atoms with E-state index in [2.05, 4.69) is 5.32 Å². The predicted molar refractivity (Wildman–Crippen MR) is 58.8 cm³/mol. The molecule has 1 fully saturated rings. The van der Waals surface area contributed by atoms with Crippen molar-refractivity contribution in [3.05, 3.63) is 0 Å². The molecule has 0 bridgehead atoms. The second-order valence-electron chi connectivity index (χ2n) is 4.56. The normalized spacial score (nSPS) is 27.2. The van der Waals surface area contributed by atoms with E-state index in [4.69, 9.17) is 4.74 Å². The van der Waals surface area contributed by atoms with E-state index >= 15 is 0 Å². The zero-order valence-electron chi connectivity index (χ0n) is 9.75. The largest absolute Gasteiger partial charge is 0.389 e. The zero-order valence-corrected chi connectivity index (χ0v) is 9.75. The van der Waals surface area contributed by atoms with Crippen LogP contribution in [0, 0.1) is 0 Å². The van der Waals surface area contributed by atoms with Crippen molar-refractivity contribution < 1.29 is 14.9 Å². The maximum atomic E-state index is 10.0. The second kappa shape index (κ2) is 5.25. The first-order valence-electron chi connectivity index (χ1n) is 5.77. The first-order chi connectivity index (χ1) is 7.04. The Morgan fingerprint density at radius 2 is 2.07 bits per heavy atom. The predicted octanol–water partition coefficient (Wildman–Crippen LogP) is 0.278. The number of hydrogen-bond acceptors (Lipinski definition) is 4. The monoisotopic (exact) mass is 217 g/mol. The van der Waals surface area contributed by atoms with Crippen LogP contribution in [0.1, 0.15) is 33.1 Å². The molecule has 1 rings (SSSR count). The molecule has 1 saturated heterocycles. The molecule has 1 aliphatic heterocycles. The molecule has 0 aliphatic carbocycles. The van der Waals surface area contributed by atoms with E-state index in [9.17, 15) is 10.2 Å². The summed E-state index contributed by atoms with van der Waals surface area (Å²) in [6, 6.07) is 0. The minimum atomic E-state index is -0.734.